The number of alkyl halides is 3. The molecule has 6 rings (SSSR count). The first-order valence-corrected chi connectivity index (χ1v) is 17.3. The van der Waals surface area contributed by atoms with Crippen LogP contribution in [-0.4, -0.2) is 118 Å². The molecule has 2 aliphatic rings. The molecular weight excluding hydrogens is 679 g/mol. The number of nitrogens with zero attached hydrogens (tertiary/aromatic N) is 7. The molecule has 4 aromatic rings. The van der Waals surface area contributed by atoms with E-state index in [1.807, 2.05) is 45.0 Å². The molecule has 2 saturated heterocycles. The maximum Gasteiger partial charge on any atom is 0.433 e. The number of hydrogen-bond donors (Lipinski definition) is 1. The molecule has 0 aliphatic carbocycles. The molecule has 0 saturated carbocycles. The van der Waals surface area contributed by atoms with Crippen LogP contribution in [0.25, 0.3) is 16.9 Å². The van der Waals surface area contributed by atoms with Gasteiger partial charge in [-0.2, -0.15) is 18.3 Å². The zero-order valence-electron chi connectivity index (χ0n) is 30.0. The van der Waals surface area contributed by atoms with Gasteiger partial charge in [-0.15, -0.1) is 0 Å². The van der Waals surface area contributed by atoms with Crippen molar-refractivity contribution in [2.75, 3.05) is 71.0 Å². The van der Waals surface area contributed by atoms with Gasteiger partial charge in [-0.05, 0) is 69.7 Å². The van der Waals surface area contributed by atoms with Gasteiger partial charge in [0, 0.05) is 69.2 Å². The summed E-state index contributed by atoms with van der Waals surface area (Å²) in [7, 11) is 1.50. The highest BCUT2D eigenvalue weighted by atomic mass is 19.4. The second-order valence-corrected chi connectivity index (χ2v) is 14.0. The molecule has 1 atom stereocenters. The molecule has 2 aromatic carbocycles. The molecule has 278 valence electrons. The molecule has 0 bridgehead atoms. The highest BCUT2D eigenvalue weighted by Gasteiger charge is 2.39. The van der Waals surface area contributed by atoms with Crippen molar-refractivity contribution in [3.8, 4) is 17.0 Å². The standard InChI is InChI=1S/C37H44F3N7O5/c1-24-31(25-9-11-28(51-5)12-10-25)42-33-29(22-41-47(33)32(24)37(38,39)40)34(49)45-17-15-44(16-18-45)30(23-48)26-7-6-8-27(21-26)43-13-19-46(20-14-43)35(50)52-36(2,3)4/h6-12,21-22,30,48H,13-20,23H2,1-5H3/t30-/m0/s1. The number of fused-ring (bicyclic) bond motifs is 1. The third kappa shape index (κ3) is 7.65. The number of halogens is 3. The number of amides is 2. The van der Waals surface area contributed by atoms with Gasteiger partial charge in [-0.3, -0.25) is 9.69 Å². The predicted octanol–water partition coefficient (Wildman–Crippen LogP) is 5.28. The highest BCUT2D eigenvalue weighted by molar-refractivity contribution is 6.00. The van der Waals surface area contributed by atoms with E-state index in [0.717, 1.165) is 17.4 Å². The van der Waals surface area contributed by atoms with E-state index in [2.05, 4.69) is 19.9 Å². The normalized spacial score (nSPS) is 16.7. The fourth-order valence-corrected chi connectivity index (χ4v) is 6.83. The second kappa shape index (κ2) is 14.6. The highest BCUT2D eigenvalue weighted by Crippen LogP contribution is 2.37. The number of piperazine rings is 2. The topological polar surface area (TPSA) is 116 Å². The Morgan fingerprint density at radius 1 is 0.923 bits per heavy atom. The number of ether oxygens (including phenoxy) is 2. The summed E-state index contributed by atoms with van der Waals surface area (Å²) in [6.07, 6.45) is -3.93. The number of carbonyl (C=O) groups excluding carboxylic acids is 2. The summed E-state index contributed by atoms with van der Waals surface area (Å²) < 4.78 is 54.7. The van der Waals surface area contributed by atoms with Crippen LogP contribution in [0.4, 0.5) is 23.7 Å². The first-order chi connectivity index (χ1) is 24.7. The van der Waals surface area contributed by atoms with Crippen molar-refractivity contribution in [1.82, 2.24) is 29.3 Å². The SMILES string of the molecule is COc1ccc(-c2nc3c(C(=O)N4CCN([C@@H](CO)c5cccc(N6CCN(C(=O)OC(C)(C)C)CC6)c5)CC4)cnn3c(C(F)(F)F)c2C)cc1. The van der Waals surface area contributed by atoms with Crippen LogP contribution in [0.3, 0.4) is 0 Å². The summed E-state index contributed by atoms with van der Waals surface area (Å²) in [6, 6.07) is 14.2. The first kappa shape index (κ1) is 36.9. The van der Waals surface area contributed by atoms with Crippen molar-refractivity contribution in [3.63, 3.8) is 0 Å². The molecule has 1 N–H and O–H groups in total. The van der Waals surface area contributed by atoms with E-state index in [1.54, 1.807) is 34.1 Å². The van der Waals surface area contributed by atoms with Gasteiger partial charge in [0.05, 0.1) is 31.6 Å². The fourth-order valence-electron chi connectivity index (χ4n) is 6.83. The van der Waals surface area contributed by atoms with Gasteiger partial charge in [0.25, 0.3) is 5.91 Å². The van der Waals surface area contributed by atoms with E-state index in [1.165, 1.54) is 14.0 Å². The van der Waals surface area contributed by atoms with Crippen molar-refractivity contribution in [2.45, 2.75) is 45.5 Å². The molecule has 2 fully saturated rings. The van der Waals surface area contributed by atoms with Crippen LogP contribution >= 0.6 is 0 Å². The van der Waals surface area contributed by atoms with Gasteiger partial charge < -0.3 is 29.3 Å². The molecule has 0 spiro atoms. The minimum absolute atomic E-state index is 0.0214. The van der Waals surface area contributed by atoms with E-state index >= 15 is 0 Å². The number of hydrogen-bond acceptors (Lipinski definition) is 9. The number of rotatable bonds is 7. The number of aromatic nitrogens is 3. The lowest BCUT2D eigenvalue weighted by atomic mass is 10.0. The van der Waals surface area contributed by atoms with Crippen LogP contribution in [0.1, 0.15) is 54.0 Å². The van der Waals surface area contributed by atoms with Gasteiger partial charge in [-0.1, -0.05) is 12.1 Å². The number of benzene rings is 2. The maximum atomic E-state index is 14.4. The lowest BCUT2D eigenvalue weighted by molar-refractivity contribution is -0.143. The molecule has 0 unspecified atom stereocenters. The van der Waals surface area contributed by atoms with E-state index in [4.69, 9.17) is 9.47 Å². The Kier molecular flexibility index (Phi) is 10.4. The quantitative estimate of drug-likeness (QED) is 0.272. The van der Waals surface area contributed by atoms with E-state index in [0.29, 0.717) is 68.2 Å². The summed E-state index contributed by atoms with van der Waals surface area (Å²) in [5.74, 6) is 0.0807. The molecule has 2 aliphatic heterocycles. The molecule has 12 nitrogen and oxygen atoms in total. The van der Waals surface area contributed by atoms with Crippen LogP contribution < -0.4 is 9.64 Å². The number of methoxy groups -OCH3 is 1. The smallest absolute Gasteiger partial charge is 0.433 e. The van der Waals surface area contributed by atoms with Gasteiger partial charge >= 0.3 is 12.3 Å². The van der Waals surface area contributed by atoms with E-state index in [-0.39, 0.29) is 41.2 Å². The van der Waals surface area contributed by atoms with Crippen LogP contribution in [0.5, 0.6) is 5.75 Å². The molecule has 2 aromatic heterocycles. The number of anilines is 1. The van der Waals surface area contributed by atoms with Crippen molar-refractivity contribution < 1.29 is 37.3 Å². The van der Waals surface area contributed by atoms with E-state index < -0.39 is 23.4 Å². The van der Waals surface area contributed by atoms with E-state index in [9.17, 15) is 27.9 Å². The minimum atomic E-state index is -4.75. The monoisotopic (exact) mass is 723 g/mol. The number of carbonyl (C=O) groups is 2. The molecule has 2 amide bonds. The third-order valence-electron chi connectivity index (χ3n) is 9.51. The average molecular weight is 724 g/mol. The van der Waals surface area contributed by atoms with Gasteiger partial charge in [0.1, 0.15) is 16.9 Å². The summed E-state index contributed by atoms with van der Waals surface area (Å²) in [5, 5.41) is 14.5. The van der Waals surface area contributed by atoms with Crippen molar-refractivity contribution >= 4 is 23.3 Å². The average Bonchev–Trinajstić information content (AvgIpc) is 3.53. The zero-order valence-corrected chi connectivity index (χ0v) is 30.0. The second-order valence-electron chi connectivity index (χ2n) is 14.0. The predicted molar refractivity (Wildman–Crippen MR) is 188 cm³/mol. The number of aliphatic hydroxyl groups excluding tert-OH is 1. The Morgan fingerprint density at radius 2 is 1.58 bits per heavy atom. The first-order valence-electron chi connectivity index (χ1n) is 17.3. The Bertz CT molecular complexity index is 1910. The lowest BCUT2D eigenvalue weighted by Crippen LogP contribution is -2.50. The fraction of sp³-hybridized carbons (Fsp3) is 0.459. The van der Waals surface area contributed by atoms with Crippen LogP contribution in [-0.2, 0) is 10.9 Å². The Morgan fingerprint density at radius 3 is 2.17 bits per heavy atom. The Balaban J connectivity index is 1.16. The van der Waals surface area contributed by atoms with Crippen molar-refractivity contribution in [1.29, 1.82) is 0 Å². The maximum absolute atomic E-state index is 14.4. The molecule has 0 radical (unpaired) electrons. The van der Waals surface area contributed by atoms with Gasteiger partial charge in [0.2, 0.25) is 0 Å². The lowest BCUT2D eigenvalue weighted by Gasteiger charge is -2.39. The largest absolute Gasteiger partial charge is 0.497 e. The van der Waals surface area contributed by atoms with Crippen LogP contribution in [0.2, 0.25) is 0 Å². The van der Waals surface area contributed by atoms with Crippen LogP contribution in [0, 0.1) is 6.92 Å². The van der Waals surface area contributed by atoms with Gasteiger partial charge in [-0.25, -0.2) is 14.3 Å². The minimum Gasteiger partial charge on any atom is -0.497 e. The molecule has 52 heavy (non-hydrogen) atoms. The number of aliphatic hydroxyl groups is 1. The zero-order chi connectivity index (χ0) is 37.4. The summed E-state index contributed by atoms with van der Waals surface area (Å²) >= 11 is 0. The Hall–Kier alpha value is -4.89. The molecule has 4 heterocycles. The summed E-state index contributed by atoms with van der Waals surface area (Å²) in [5.41, 5.74) is 0.586. The third-order valence-corrected chi connectivity index (χ3v) is 9.51. The van der Waals surface area contributed by atoms with Crippen molar-refractivity contribution in [2.24, 2.45) is 0 Å². The van der Waals surface area contributed by atoms with Crippen molar-refractivity contribution in [3.05, 3.63) is 77.1 Å². The van der Waals surface area contributed by atoms with Gasteiger partial charge in [0.15, 0.2) is 11.3 Å². The summed E-state index contributed by atoms with van der Waals surface area (Å²) in [4.78, 5) is 38.5. The Labute approximate surface area is 300 Å². The molecular formula is C37H44F3N7O5. The summed E-state index contributed by atoms with van der Waals surface area (Å²) in [6.45, 7) is 10.5. The molecule has 15 heteroatoms. The van der Waals surface area contributed by atoms with Crippen LogP contribution in [0.15, 0.2) is 54.7 Å².